The highest BCUT2D eigenvalue weighted by molar-refractivity contribution is 5.28. The number of rotatable bonds is 8. The molecule has 2 atom stereocenters. The first-order valence-corrected chi connectivity index (χ1v) is 6.59. The number of methoxy groups -OCH3 is 1. The summed E-state index contributed by atoms with van der Waals surface area (Å²) in [5.74, 6) is 1.52. The van der Waals surface area contributed by atoms with Crippen LogP contribution in [0.4, 0.5) is 0 Å². The molecule has 0 aliphatic carbocycles. The van der Waals surface area contributed by atoms with E-state index in [0.29, 0.717) is 25.2 Å². The summed E-state index contributed by atoms with van der Waals surface area (Å²) in [6, 6.07) is 8.46. The molecule has 0 aliphatic heterocycles. The molecule has 0 spiro atoms. The summed E-state index contributed by atoms with van der Waals surface area (Å²) in [7, 11) is 3.69. The fraction of sp³-hybridized carbons (Fsp3) is 0.600. The Kier molecular flexibility index (Phi) is 6.76. The Balaban J connectivity index is 2.53. The Labute approximate surface area is 110 Å². The lowest BCUT2D eigenvalue weighted by Crippen LogP contribution is -2.37. The zero-order valence-corrected chi connectivity index (χ0v) is 11.9. The summed E-state index contributed by atoms with van der Waals surface area (Å²) < 4.78 is 11.0. The predicted molar refractivity (Wildman–Crippen MR) is 75.0 cm³/mol. The number of likely N-dealkylation sites (N-methyl/N-ethyl adjacent to an activating group) is 1. The van der Waals surface area contributed by atoms with Crippen LogP contribution in [-0.4, -0.2) is 26.8 Å². The van der Waals surface area contributed by atoms with Crippen LogP contribution in [0.5, 0.6) is 5.75 Å². The molecule has 0 heterocycles. The molecule has 0 saturated carbocycles. The first kappa shape index (κ1) is 15.0. The fourth-order valence-corrected chi connectivity index (χ4v) is 1.89. The SMILES string of the molecule is CCC(C)C(COc1cccc(COC)c1)NC. The van der Waals surface area contributed by atoms with Crippen molar-refractivity contribution in [2.24, 2.45) is 5.92 Å². The second-order valence-electron chi connectivity index (χ2n) is 4.67. The number of nitrogens with one attached hydrogen (secondary N) is 1. The van der Waals surface area contributed by atoms with Crippen LogP contribution < -0.4 is 10.1 Å². The normalized spacial score (nSPS) is 14.2. The highest BCUT2D eigenvalue weighted by atomic mass is 16.5. The minimum Gasteiger partial charge on any atom is -0.492 e. The van der Waals surface area contributed by atoms with Gasteiger partial charge in [-0.15, -0.1) is 0 Å². The monoisotopic (exact) mass is 251 g/mol. The van der Waals surface area contributed by atoms with Crippen molar-refractivity contribution in [3.8, 4) is 5.75 Å². The molecular weight excluding hydrogens is 226 g/mol. The van der Waals surface area contributed by atoms with E-state index >= 15 is 0 Å². The molecule has 1 N–H and O–H groups in total. The standard InChI is InChI=1S/C15H25NO2/c1-5-12(2)15(16-3)11-18-14-8-6-7-13(9-14)10-17-4/h6-9,12,15-16H,5,10-11H2,1-4H3. The van der Waals surface area contributed by atoms with E-state index in [1.54, 1.807) is 7.11 Å². The molecule has 0 radical (unpaired) electrons. The van der Waals surface area contributed by atoms with Crippen LogP contribution >= 0.6 is 0 Å². The van der Waals surface area contributed by atoms with Crippen molar-refractivity contribution in [2.45, 2.75) is 32.9 Å². The van der Waals surface area contributed by atoms with Gasteiger partial charge in [-0.25, -0.2) is 0 Å². The smallest absolute Gasteiger partial charge is 0.119 e. The van der Waals surface area contributed by atoms with Gasteiger partial charge in [-0.1, -0.05) is 32.4 Å². The van der Waals surface area contributed by atoms with E-state index in [1.807, 2.05) is 31.3 Å². The Bertz CT molecular complexity index is 341. The van der Waals surface area contributed by atoms with E-state index in [9.17, 15) is 0 Å². The van der Waals surface area contributed by atoms with Gasteiger partial charge in [-0.05, 0) is 30.7 Å². The fourth-order valence-electron chi connectivity index (χ4n) is 1.89. The Morgan fingerprint density at radius 3 is 2.72 bits per heavy atom. The van der Waals surface area contributed by atoms with Crippen LogP contribution in [0.1, 0.15) is 25.8 Å². The molecule has 1 aromatic rings. The summed E-state index contributed by atoms with van der Waals surface area (Å²) >= 11 is 0. The van der Waals surface area contributed by atoms with Crippen LogP contribution in [0.25, 0.3) is 0 Å². The zero-order chi connectivity index (χ0) is 13.4. The summed E-state index contributed by atoms with van der Waals surface area (Å²) in [5, 5.41) is 3.31. The van der Waals surface area contributed by atoms with Gasteiger partial charge in [-0.2, -0.15) is 0 Å². The lowest BCUT2D eigenvalue weighted by Gasteiger charge is -2.22. The number of benzene rings is 1. The Morgan fingerprint density at radius 2 is 2.11 bits per heavy atom. The van der Waals surface area contributed by atoms with E-state index in [-0.39, 0.29) is 0 Å². The molecule has 18 heavy (non-hydrogen) atoms. The number of hydrogen-bond donors (Lipinski definition) is 1. The van der Waals surface area contributed by atoms with Crippen LogP contribution in [0.3, 0.4) is 0 Å². The van der Waals surface area contributed by atoms with E-state index in [0.717, 1.165) is 17.7 Å². The third-order valence-electron chi connectivity index (χ3n) is 3.34. The van der Waals surface area contributed by atoms with E-state index < -0.39 is 0 Å². The zero-order valence-electron chi connectivity index (χ0n) is 11.9. The molecule has 0 bridgehead atoms. The maximum Gasteiger partial charge on any atom is 0.119 e. The van der Waals surface area contributed by atoms with E-state index in [1.165, 1.54) is 0 Å². The summed E-state index contributed by atoms with van der Waals surface area (Å²) in [4.78, 5) is 0. The van der Waals surface area contributed by atoms with Crippen molar-refractivity contribution >= 4 is 0 Å². The molecule has 3 nitrogen and oxygen atoms in total. The topological polar surface area (TPSA) is 30.5 Å². The van der Waals surface area contributed by atoms with Crippen molar-refractivity contribution in [1.29, 1.82) is 0 Å². The molecule has 0 fully saturated rings. The average Bonchev–Trinajstić information content (AvgIpc) is 2.40. The quantitative estimate of drug-likeness (QED) is 0.770. The molecular formula is C15H25NO2. The third-order valence-corrected chi connectivity index (χ3v) is 3.34. The molecule has 102 valence electrons. The van der Waals surface area contributed by atoms with Gasteiger partial charge in [0.1, 0.15) is 12.4 Å². The van der Waals surface area contributed by atoms with Crippen molar-refractivity contribution in [3.63, 3.8) is 0 Å². The van der Waals surface area contributed by atoms with Crippen molar-refractivity contribution in [1.82, 2.24) is 5.32 Å². The number of ether oxygens (including phenoxy) is 2. The first-order chi connectivity index (χ1) is 8.71. The molecule has 0 amide bonds. The van der Waals surface area contributed by atoms with Gasteiger partial charge in [0.15, 0.2) is 0 Å². The van der Waals surface area contributed by atoms with Gasteiger partial charge in [0, 0.05) is 13.2 Å². The molecule has 0 saturated heterocycles. The minimum absolute atomic E-state index is 0.390. The molecule has 3 heteroatoms. The molecule has 1 aromatic carbocycles. The van der Waals surface area contributed by atoms with Crippen molar-refractivity contribution < 1.29 is 9.47 Å². The van der Waals surface area contributed by atoms with Gasteiger partial charge in [0.05, 0.1) is 6.61 Å². The van der Waals surface area contributed by atoms with Crippen molar-refractivity contribution in [3.05, 3.63) is 29.8 Å². The maximum atomic E-state index is 5.85. The summed E-state index contributed by atoms with van der Waals surface area (Å²) in [6.07, 6.45) is 1.15. The van der Waals surface area contributed by atoms with E-state index in [2.05, 4.69) is 19.2 Å². The Morgan fingerprint density at radius 1 is 1.33 bits per heavy atom. The highest BCUT2D eigenvalue weighted by Crippen LogP contribution is 2.16. The predicted octanol–water partition coefficient (Wildman–Crippen LogP) is 2.85. The second-order valence-corrected chi connectivity index (χ2v) is 4.67. The molecule has 2 unspecified atom stereocenters. The Hall–Kier alpha value is -1.06. The lowest BCUT2D eigenvalue weighted by molar-refractivity contribution is 0.184. The third kappa shape index (κ3) is 4.67. The van der Waals surface area contributed by atoms with Gasteiger partial charge >= 0.3 is 0 Å². The molecule has 0 aliphatic rings. The maximum absolute atomic E-state index is 5.85. The van der Waals surface area contributed by atoms with Crippen LogP contribution in [0.2, 0.25) is 0 Å². The lowest BCUT2D eigenvalue weighted by atomic mass is 10.0. The summed E-state index contributed by atoms with van der Waals surface area (Å²) in [5.41, 5.74) is 1.14. The van der Waals surface area contributed by atoms with Gasteiger partial charge in [-0.3, -0.25) is 0 Å². The van der Waals surface area contributed by atoms with Gasteiger partial charge in [0.2, 0.25) is 0 Å². The summed E-state index contributed by atoms with van der Waals surface area (Å²) in [6.45, 7) is 5.76. The van der Waals surface area contributed by atoms with Gasteiger partial charge < -0.3 is 14.8 Å². The molecule has 1 rings (SSSR count). The van der Waals surface area contributed by atoms with Crippen LogP contribution in [0.15, 0.2) is 24.3 Å². The van der Waals surface area contributed by atoms with Crippen LogP contribution in [0, 0.1) is 5.92 Å². The van der Waals surface area contributed by atoms with E-state index in [4.69, 9.17) is 9.47 Å². The first-order valence-electron chi connectivity index (χ1n) is 6.59. The second kappa shape index (κ2) is 8.11. The average molecular weight is 251 g/mol. The van der Waals surface area contributed by atoms with Gasteiger partial charge in [0.25, 0.3) is 0 Å². The minimum atomic E-state index is 0.390. The van der Waals surface area contributed by atoms with Crippen molar-refractivity contribution in [2.75, 3.05) is 20.8 Å². The number of hydrogen-bond acceptors (Lipinski definition) is 3. The molecule has 0 aromatic heterocycles. The van der Waals surface area contributed by atoms with Crippen LogP contribution in [-0.2, 0) is 11.3 Å². The highest BCUT2D eigenvalue weighted by Gasteiger charge is 2.14. The largest absolute Gasteiger partial charge is 0.492 e.